The van der Waals surface area contributed by atoms with Crippen LogP contribution in [0.3, 0.4) is 0 Å². The fourth-order valence-electron chi connectivity index (χ4n) is 2.93. The molecule has 1 aromatic rings. The molecule has 0 saturated carbocycles. The lowest BCUT2D eigenvalue weighted by Gasteiger charge is -2.28. The molecule has 0 aliphatic carbocycles. The number of nitrogens with zero attached hydrogens (tertiary/aromatic N) is 1. The average molecular weight is 289 g/mol. The molecule has 1 saturated heterocycles. The Balaban J connectivity index is 1.78. The summed E-state index contributed by atoms with van der Waals surface area (Å²) in [7, 11) is 4.07. The molecule has 1 aliphatic heterocycles. The van der Waals surface area contributed by atoms with Crippen molar-refractivity contribution in [2.75, 3.05) is 39.0 Å². The van der Waals surface area contributed by atoms with Crippen LogP contribution in [0.4, 0.5) is 5.69 Å². The number of hydrogen-bond acceptors (Lipinski definition) is 3. The van der Waals surface area contributed by atoms with Gasteiger partial charge in [-0.3, -0.25) is 4.79 Å². The molecular weight excluding hydrogens is 262 g/mol. The Labute approximate surface area is 127 Å². The Morgan fingerprint density at radius 1 is 1.33 bits per heavy atom. The van der Waals surface area contributed by atoms with E-state index in [9.17, 15) is 4.79 Å². The number of anilines is 1. The van der Waals surface area contributed by atoms with Crippen LogP contribution in [0, 0.1) is 12.8 Å². The molecule has 2 rings (SSSR count). The third kappa shape index (κ3) is 4.46. The van der Waals surface area contributed by atoms with Crippen LogP contribution < -0.4 is 10.6 Å². The molecule has 0 bridgehead atoms. The molecule has 1 heterocycles. The molecule has 1 aliphatic rings. The van der Waals surface area contributed by atoms with Gasteiger partial charge in [0, 0.05) is 24.8 Å². The third-order valence-electron chi connectivity index (χ3n) is 4.43. The number of rotatable bonds is 5. The second kappa shape index (κ2) is 7.46. The van der Waals surface area contributed by atoms with Crippen molar-refractivity contribution in [1.29, 1.82) is 0 Å². The third-order valence-corrected chi connectivity index (χ3v) is 4.43. The number of benzene rings is 1. The zero-order chi connectivity index (χ0) is 15.2. The maximum Gasteiger partial charge on any atom is 0.251 e. The van der Waals surface area contributed by atoms with E-state index >= 15 is 0 Å². The lowest BCUT2D eigenvalue weighted by atomic mass is 9.94. The summed E-state index contributed by atoms with van der Waals surface area (Å²) < 4.78 is 0. The van der Waals surface area contributed by atoms with E-state index in [4.69, 9.17) is 0 Å². The summed E-state index contributed by atoms with van der Waals surface area (Å²) in [6.07, 6.45) is 3.60. The predicted octanol–water partition coefficient (Wildman–Crippen LogP) is 2.50. The summed E-state index contributed by atoms with van der Waals surface area (Å²) in [5.74, 6) is 0.795. The van der Waals surface area contributed by atoms with E-state index in [1.54, 1.807) is 0 Å². The molecule has 0 unspecified atom stereocenters. The van der Waals surface area contributed by atoms with Gasteiger partial charge < -0.3 is 15.5 Å². The SMILES string of the molecule is CNc1ccc(C(=O)NCCC2CCN(C)CC2)cc1C. The fraction of sp³-hybridized carbons (Fsp3) is 0.588. The lowest BCUT2D eigenvalue weighted by molar-refractivity contribution is 0.0949. The van der Waals surface area contributed by atoms with Gasteiger partial charge in [0.1, 0.15) is 0 Å². The van der Waals surface area contributed by atoms with Gasteiger partial charge in [-0.1, -0.05) is 0 Å². The normalized spacial score (nSPS) is 16.7. The van der Waals surface area contributed by atoms with Crippen LogP contribution in [0.15, 0.2) is 18.2 Å². The predicted molar refractivity (Wildman–Crippen MR) is 87.9 cm³/mol. The van der Waals surface area contributed by atoms with E-state index in [1.807, 2.05) is 32.2 Å². The van der Waals surface area contributed by atoms with Crippen molar-refractivity contribution in [2.24, 2.45) is 5.92 Å². The van der Waals surface area contributed by atoms with Crippen molar-refractivity contribution < 1.29 is 4.79 Å². The fourth-order valence-corrected chi connectivity index (χ4v) is 2.93. The van der Waals surface area contributed by atoms with Gasteiger partial charge in [-0.15, -0.1) is 0 Å². The highest BCUT2D eigenvalue weighted by atomic mass is 16.1. The maximum absolute atomic E-state index is 12.2. The summed E-state index contributed by atoms with van der Waals surface area (Å²) in [4.78, 5) is 14.5. The van der Waals surface area contributed by atoms with E-state index < -0.39 is 0 Å². The number of carbonyl (C=O) groups excluding carboxylic acids is 1. The van der Waals surface area contributed by atoms with Gasteiger partial charge in [0.25, 0.3) is 5.91 Å². The highest BCUT2D eigenvalue weighted by molar-refractivity contribution is 5.94. The molecule has 1 aromatic carbocycles. The van der Waals surface area contributed by atoms with Gasteiger partial charge in [-0.2, -0.15) is 0 Å². The van der Waals surface area contributed by atoms with Gasteiger partial charge in [-0.05, 0) is 76.0 Å². The summed E-state index contributed by atoms with van der Waals surface area (Å²) >= 11 is 0. The molecule has 0 radical (unpaired) electrons. The lowest BCUT2D eigenvalue weighted by Crippen LogP contribution is -2.32. The maximum atomic E-state index is 12.2. The van der Waals surface area contributed by atoms with Crippen molar-refractivity contribution >= 4 is 11.6 Å². The minimum Gasteiger partial charge on any atom is -0.388 e. The quantitative estimate of drug-likeness (QED) is 0.875. The molecule has 21 heavy (non-hydrogen) atoms. The van der Waals surface area contributed by atoms with Gasteiger partial charge in [0.05, 0.1) is 0 Å². The average Bonchev–Trinajstić information content (AvgIpc) is 2.49. The van der Waals surface area contributed by atoms with Crippen LogP contribution in [0.25, 0.3) is 0 Å². The van der Waals surface area contributed by atoms with Gasteiger partial charge in [-0.25, -0.2) is 0 Å². The zero-order valence-corrected chi connectivity index (χ0v) is 13.4. The Bertz CT molecular complexity index is 479. The molecule has 2 N–H and O–H groups in total. The largest absolute Gasteiger partial charge is 0.388 e. The Morgan fingerprint density at radius 3 is 2.67 bits per heavy atom. The van der Waals surface area contributed by atoms with E-state index in [0.717, 1.165) is 35.7 Å². The smallest absolute Gasteiger partial charge is 0.251 e. The van der Waals surface area contributed by atoms with Crippen molar-refractivity contribution in [1.82, 2.24) is 10.2 Å². The number of likely N-dealkylation sites (tertiary alicyclic amines) is 1. The van der Waals surface area contributed by atoms with Gasteiger partial charge >= 0.3 is 0 Å². The van der Waals surface area contributed by atoms with E-state index in [-0.39, 0.29) is 5.91 Å². The molecule has 0 atom stereocenters. The molecule has 0 aromatic heterocycles. The molecule has 1 fully saturated rings. The van der Waals surface area contributed by atoms with E-state index in [1.165, 1.54) is 25.9 Å². The summed E-state index contributed by atoms with van der Waals surface area (Å²) in [6.45, 7) is 5.16. The molecule has 4 nitrogen and oxygen atoms in total. The number of carbonyl (C=O) groups is 1. The molecule has 4 heteroatoms. The first-order valence-electron chi connectivity index (χ1n) is 7.85. The summed E-state index contributed by atoms with van der Waals surface area (Å²) in [6, 6.07) is 5.78. The molecular formula is C17H27N3O. The van der Waals surface area contributed by atoms with Gasteiger partial charge in [0.15, 0.2) is 0 Å². The topological polar surface area (TPSA) is 44.4 Å². The molecule has 116 valence electrons. The zero-order valence-electron chi connectivity index (χ0n) is 13.4. The highest BCUT2D eigenvalue weighted by Gasteiger charge is 2.16. The van der Waals surface area contributed by atoms with Crippen LogP contribution in [-0.2, 0) is 0 Å². The second-order valence-corrected chi connectivity index (χ2v) is 6.07. The van der Waals surface area contributed by atoms with Crippen LogP contribution in [0.2, 0.25) is 0 Å². The van der Waals surface area contributed by atoms with Crippen LogP contribution in [0.1, 0.15) is 35.2 Å². The minimum absolute atomic E-state index is 0.0358. The Morgan fingerprint density at radius 2 is 2.05 bits per heavy atom. The first-order chi connectivity index (χ1) is 10.1. The number of hydrogen-bond donors (Lipinski definition) is 2. The van der Waals surface area contributed by atoms with Crippen LogP contribution in [-0.4, -0.2) is 44.5 Å². The first-order valence-corrected chi connectivity index (χ1v) is 7.85. The van der Waals surface area contributed by atoms with Crippen molar-refractivity contribution in [3.63, 3.8) is 0 Å². The van der Waals surface area contributed by atoms with Crippen LogP contribution in [0.5, 0.6) is 0 Å². The van der Waals surface area contributed by atoms with Crippen molar-refractivity contribution in [2.45, 2.75) is 26.2 Å². The first kappa shape index (κ1) is 15.8. The number of piperidine rings is 1. The number of aryl methyl sites for hydroxylation is 1. The Hall–Kier alpha value is -1.55. The molecule has 1 amide bonds. The van der Waals surface area contributed by atoms with Crippen molar-refractivity contribution in [3.05, 3.63) is 29.3 Å². The van der Waals surface area contributed by atoms with E-state index in [0.29, 0.717) is 0 Å². The van der Waals surface area contributed by atoms with E-state index in [2.05, 4.69) is 22.6 Å². The van der Waals surface area contributed by atoms with Gasteiger partial charge in [0.2, 0.25) is 0 Å². The van der Waals surface area contributed by atoms with Crippen molar-refractivity contribution in [3.8, 4) is 0 Å². The summed E-state index contributed by atoms with van der Waals surface area (Å²) in [5, 5.41) is 6.16. The monoisotopic (exact) mass is 289 g/mol. The van der Waals surface area contributed by atoms with Crippen LogP contribution >= 0.6 is 0 Å². The molecule has 0 spiro atoms. The number of amides is 1. The number of nitrogens with one attached hydrogen (secondary N) is 2. The Kier molecular flexibility index (Phi) is 5.62. The highest BCUT2D eigenvalue weighted by Crippen LogP contribution is 2.19. The summed E-state index contributed by atoms with van der Waals surface area (Å²) in [5.41, 5.74) is 2.91. The minimum atomic E-state index is 0.0358. The standard InChI is InChI=1S/C17H27N3O/c1-13-12-15(4-5-16(13)18-2)17(21)19-9-6-14-7-10-20(3)11-8-14/h4-5,12,14,18H,6-11H2,1-3H3,(H,19,21). The second-order valence-electron chi connectivity index (χ2n) is 6.07.